The largest absolute Gasteiger partial charge is 0.489 e. The molecule has 0 amide bonds. The van der Waals surface area contributed by atoms with Gasteiger partial charge in [0.1, 0.15) is 11.5 Å². The maximum absolute atomic E-state index is 12.0. The van der Waals surface area contributed by atoms with Gasteiger partial charge in [-0.2, -0.15) is 4.80 Å². The van der Waals surface area contributed by atoms with E-state index in [0.29, 0.717) is 5.82 Å². The van der Waals surface area contributed by atoms with Crippen LogP contribution in [-0.2, 0) is 21.1 Å². The van der Waals surface area contributed by atoms with Crippen LogP contribution in [0.25, 0.3) is 0 Å². The van der Waals surface area contributed by atoms with Crippen molar-refractivity contribution in [3.05, 3.63) is 28.5 Å². The van der Waals surface area contributed by atoms with Gasteiger partial charge in [0.05, 0.1) is 23.7 Å². The molecule has 1 aromatic heterocycles. The zero-order chi connectivity index (χ0) is 18.6. The van der Waals surface area contributed by atoms with Gasteiger partial charge in [-0.15, -0.1) is 10.2 Å². The SMILES string of the molecule is CCOC(=O)c1ccc(S(C)(=O)=O)c(OCCn2nnc(C)n2)c1Cl. The number of carbonyl (C=O) groups is 1. The summed E-state index contributed by atoms with van der Waals surface area (Å²) in [5.74, 6) is -0.267. The number of hydrogen-bond donors (Lipinski definition) is 0. The van der Waals surface area contributed by atoms with Crippen LogP contribution in [0, 0.1) is 6.92 Å². The van der Waals surface area contributed by atoms with Gasteiger partial charge in [-0.05, 0) is 31.2 Å². The predicted molar refractivity (Wildman–Crippen MR) is 88.6 cm³/mol. The molecule has 0 saturated heterocycles. The number of sulfone groups is 1. The van der Waals surface area contributed by atoms with Crippen LogP contribution in [0.4, 0.5) is 0 Å². The van der Waals surface area contributed by atoms with E-state index in [1.165, 1.54) is 16.9 Å². The summed E-state index contributed by atoms with van der Waals surface area (Å²) in [6, 6.07) is 2.56. The van der Waals surface area contributed by atoms with Crippen molar-refractivity contribution in [2.45, 2.75) is 25.3 Å². The molecule has 0 bridgehead atoms. The number of halogens is 1. The van der Waals surface area contributed by atoms with Crippen LogP contribution in [0.1, 0.15) is 23.1 Å². The van der Waals surface area contributed by atoms with Gasteiger partial charge in [-0.25, -0.2) is 13.2 Å². The first-order valence-electron chi connectivity index (χ1n) is 7.31. The molecule has 0 N–H and O–H groups in total. The Morgan fingerprint density at radius 1 is 1.36 bits per heavy atom. The first-order valence-corrected chi connectivity index (χ1v) is 9.58. The molecule has 11 heteroatoms. The Kier molecular flexibility index (Phi) is 5.96. The average Bonchev–Trinajstić information content (AvgIpc) is 2.93. The Morgan fingerprint density at radius 2 is 2.08 bits per heavy atom. The second-order valence-electron chi connectivity index (χ2n) is 5.03. The van der Waals surface area contributed by atoms with Crippen LogP contribution in [-0.4, -0.2) is 54.1 Å². The quantitative estimate of drug-likeness (QED) is 0.652. The fourth-order valence-corrected chi connectivity index (χ4v) is 3.14. The van der Waals surface area contributed by atoms with Crippen LogP contribution in [0.2, 0.25) is 5.02 Å². The molecule has 0 atom stereocenters. The lowest BCUT2D eigenvalue weighted by Crippen LogP contribution is -2.14. The van der Waals surface area contributed by atoms with Crippen molar-refractivity contribution in [3.8, 4) is 5.75 Å². The molecule has 0 saturated carbocycles. The van der Waals surface area contributed by atoms with Gasteiger partial charge >= 0.3 is 5.97 Å². The molecule has 0 fully saturated rings. The van der Waals surface area contributed by atoms with Crippen molar-refractivity contribution in [1.29, 1.82) is 0 Å². The van der Waals surface area contributed by atoms with Crippen molar-refractivity contribution in [3.63, 3.8) is 0 Å². The van der Waals surface area contributed by atoms with Crippen LogP contribution in [0.5, 0.6) is 5.75 Å². The molecule has 25 heavy (non-hydrogen) atoms. The van der Waals surface area contributed by atoms with Gasteiger partial charge in [0.15, 0.2) is 21.4 Å². The number of benzene rings is 1. The van der Waals surface area contributed by atoms with Crippen molar-refractivity contribution in [2.24, 2.45) is 0 Å². The van der Waals surface area contributed by atoms with Crippen molar-refractivity contribution < 1.29 is 22.7 Å². The minimum atomic E-state index is -3.61. The second kappa shape index (κ2) is 7.79. The summed E-state index contributed by atoms with van der Waals surface area (Å²) in [6.07, 6.45) is 1.03. The maximum atomic E-state index is 12.0. The molecule has 0 radical (unpaired) electrons. The van der Waals surface area contributed by atoms with Crippen LogP contribution < -0.4 is 4.74 Å². The van der Waals surface area contributed by atoms with Crippen molar-refractivity contribution >= 4 is 27.4 Å². The minimum absolute atomic E-state index is 0.0284. The molecule has 9 nitrogen and oxygen atoms in total. The number of hydrogen-bond acceptors (Lipinski definition) is 8. The predicted octanol–water partition coefficient (Wildman–Crippen LogP) is 1.29. The third kappa shape index (κ3) is 4.67. The number of tetrazole rings is 1. The topological polar surface area (TPSA) is 113 Å². The highest BCUT2D eigenvalue weighted by molar-refractivity contribution is 7.90. The summed E-state index contributed by atoms with van der Waals surface area (Å²) in [7, 11) is -3.61. The molecular formula is C14H17ClN4O5S. The van der Waals surface area contributed by atoms with E-state index in [2.05, 4.69) is 15.4 Å². The summed E-state index contributed by atoms with van der Waals surface area (Å²) in [4.78, 5) is 13.1. The maximum Gasteiger partial charge on any atom is 0.339 e. The smallest absolute Gasteiger partial charge is 0.339 e. The number of rotatable bonds is 7. The first-order chi connectivity index (χ1) is 11.7. The van der Waals surface area contributed by atoms with Gasteiger partial charge < -0.3 is 9.47 Å². The standard InChI is InChI=1S/C14H17ClN4O5S/c1-4-23-14(20)10-5-6-11(25(3,21)22)13(12(10)15)24-8-7-19-17-9(2)16-18-19/h5-6H,4,7-8H2,1-3H3. The summed E-state index contributed by atoms with van der Waals surface area (Å²) in [5, 5.41) is 11.4. The molecule has 1 heterocycles. The van der Waals surface area contributed by atoms with Gasteiger partial charge in [0.2, 0.25) is 0 Å². The van der Waals surface area contributed by atoms with E-state index in [1.54, 1.807) is 13.8 Å². The lowest BCUT2D eigenvalue weighted by molar-refractivity contribution is 0.0526. The van der Waals surface area contributed by atoms with E-state index in [-0.39, 0.29) is 41.0 Å². The van der Waals surface area contributed by atoms with E-state index in [0.717, 1.165) is 6.26 Å². The van der Waals surface area contributed by atoms with Gasteiger partial charge in [0, 0.05) is 6.26 Å². The molecule has 2 aromatic rings. The molecule has 136 valence electrons. The Morgan fingerprint density at radius 3 is 2.64 bits per heavy atom. The van der Waals surface area contributed by atoms with Crippen molar-refractivity contribution in [1.82, 2.24) is 20.2 Å². The van der Waals surface area contributed by atoms with Crippen molar-refractivity contribution in [2.75, 3.05) is 19.5 Å². The lowest BCUT2D eigenvalue weighted by Gasteiger charge is -2.14. The molecular weight excluding hydrogens is 372 g/mol. The molecule has 0 aliphatic heterocycles. The fourth-order valence-electron chi connectivity index (χ4n) is 1.98. The first kappa shape index (κ1) is 19.1. The summed E-state index contributed by atoms with van der Waals surface area (Å²) < 4.78 is 34.3. The molecule has 0 aliphatic carbocycles. The van der Waals surface area contributed by atoms with E-state index in [9.17, 15) is 13.2 Å². The molecule has 0 aliphatic rings. The van der Waals surface area contributed by atoms with E-state index < -0.39 is 15.8 Å². The number of aryl methyl sites for hydroxylation is 1. The van der Waals surface area contributed by atoms with E-state index >= 15 is 0 Å². The van der Waals surface area contributed by atoms with Crippen LogP contribution in [0.3, 0.4) is 0 Å². The third-order valence-corrected chi connectivity index (χ3v) is 4.54. The Balaban J connectivity index is 2.31. The highest BCUT2D eigenvalue weighted by Crippen LogP contribution is 2.35. The highest BCUT2D eigenvalue weighted by atomic mass is 35.5. The molecule has 2 rings (SSSR count). The van der Waals surface area contributed by atoms with Gasteiger partial charge in [-0.1, -0.05) is 11.6 Å². The van der Waals surface area contributed by atoms with Gasteiger partial charge in [0.25, 0.3) is 0 Å². The Labute approximate surface area is 149 Å². The zero-order valence-electron chi connectivity index (χ0n) is 13.9. The second-order valence-corrected chi connectivity index (χ2v) is 7.39. The Hall–Kier alpha value is -2.20. The number of aromatic nitrogens is 4. The summed E-state index contributed by atoms with van der Waals surface area (Å²) in [5.41, 5.74) is 0.0284. The van der Waals surface area contributed by atoms with Gasteiger partial charge in [-0.3, -0.25) is 0 Å². The lowest BCUT2D eigenvalue weighted by atomic mass is 10.2. The fraction of sp³-hybridized carbons (Fsp3) is 0.429. The van der Waals surface area contributed by atoms with Crippen LogP contribution >= 0.6 is 11.6 Å². The molecule has 1 aromatic carbocycles. The normalized spacial score (nSPS) is 11.4. The number of esters is 1. The monoisotopic (exact) mass is 388 g/mol. The van der Waals surface area contributed by atoms with E-state index in [1.807, 2.05) is 0 Å². The summed E-state index contributed by atoms with van der Waals surface area (Å²) >= 11 is 6.20. The molecule has 0 unspecified atom stereocenters. The molecule has 0 spiro atoms. The van der Waals surface area contributed by atoms with E-state index in [4.69, 9.17) is 21.1 Å². The number of carbonyl (C=O) groups excluding carboxylic acids is 1. The Bertz CT molecular complexity index is 881. The number of ether oxygens (including phenoxy) is 2. The summed E-state index contributed by atoms with van der Waals surface area (Å²) in [6.45, 7) is 3.76. The average molecular weight is 389 g/mol. The third-order valence-electron chi connectivity index (χ3n) is 3.05. The highest BCUT2D eigenvalue weighted by Gasteiger charge is 2.23. The van der Waals surface area contributed by atoms with Crippen LogP contribution in [0.15, 0.2) is 17.0 Å². The minimum Gasteiger partial charge on any atom is -0.489 e. The number of nitrogens with zero attached hydrogens (tertiary/aromatic N) is 4. The zero-order valence-corrected chi connectivity index (χ0v) is 15.5.